The molecule has 1 heterocycles. The van der Waals surface area contributed by atoms with E-state index in [1.807, 2.05) is 13.8 Å². The monoisotopic (exact) mass is 315 g/mol. The summed E-state index contributed by atoms with van der Waals surface area (Å²) in [5, 5.41) is 9.06. The molecule has 0 radical (unpaired) electrons. The van der Waals surface area contributed by atoms with Gasteiger partial charge in [0.25, 0.3) is 0 Å². The number of ether oxygens (including phenoxy) is 1. The first-order valence-electron chi connectivity index (χ1n) is 7.29. The summed E-state index contributed by atoms with van der Waals surface area (Å²) in [7, 11) is 2.86. The number of piperazine rings is 1. The van der Waals surface area contributed by atoms with Gasteiger partial charge in [0, 0.05) is 32.7 Å². The Kier molecular flexibility index (Phi) is 6.01. The van der Waals surface area contributed by atoms with Crippen molar-refractivity contribution in [3.05, 3.63) is 0 Å². The fourth-order valence-corrected chi connectivity index (χ4v) is 2.76. The number of carboxylic acid groups (broad SMARTS) is 1. The molecule has 1 rings (SSSR count). The lowest BCUT2D eigenvalue weighted by atomic mass is 10.0. The van der Waals surface area contributed by atoms with Gasteiger partial charge in [0.15, 0.2) is 0 Å². The number of hydrogen-bond acceptors (Lipinski definition) is 4. The van der Waals surface area contributed by atoms with Gasteiger partial charge in [0.05, 0.1) is 7.11 Å². The number of likely N-dealkylation sites (N-methyl/N-ethyl adjacent to an activating group) is 1. The standard InChI is InChI=1S/C14H25N3O5/c1-9(2)11(12(18)22-5)15(4)13(19)16-6-7-17(14(20)21)10(3)8-16/h9-11H,6-8H2,1-5H3,(H,20,21)/t10-,11+/m1/s1. The Morgan fingerprint density at radius 2 is 1.86 bits per heavy atom. The molecule has 0 aromatic carbocycles. The van der Waals surface area contributed by atoms with Gasteiger partial charge in [0.1, 0.15) is 6.04 Å². The molecule has 0 bridgehead atoms. The predicted molar refractivity (Wildman–Crippen MR) is 79.6 cm³/mol. The topological polar surface area (TPSA) is 90.4 Å². The van der Waals surface area contributed by atoms with Crippen molar-refractivity contribution in [3.8, 4) is 0 Å². The summed E-state index contributed by atoms with van der Waals surface area (Å²) in [4.78, 5) is 39.7. The number of carbonyl (C=O) groups is 3. The van der Waals surface area contributed by atoms with Crippen LogP contribution in [0.3, 0.4) is 0 Å². The van der Waals surface area contributed by atoms with Crippen molar-refractivity contribution < 1.29 is 24.2 Å². The largest absolute Gasteiger partial charge is 0.467 e. The molecule has 1 aliphatic rings. The highest BCUT2D eigenvalue weighted by atomic mass is 16.5. The van der Waals surface area contributed by atoms with Gasteiger partial charge in [-0.25, -0.2) is 14.4 Å². The smallest absolute Gasteiger partial charge is 0.407 e. The molecular formula is C14H25N3O5. The second-order valence-corrected chi connectivity index (χ2v) is 5.88. The molecule has 8 heteroatoms. The van der Waals surface area contributed by atoms with Crippen LogP contribution in [-0.4, -0.2) is 83.8 Å². The van der Waals surface area contributed by atoms with Crippen LogP contribution in [0.5, 0.6) is 0 Å². The zero-order chi connectivity index (χ0) is 17.0. The van der Waals surface area contributed by atoms with E-state index in [0.717, 1.165) is 0 Å². The summed E-state index contributed by atoms with van der Waals surface area (Å²) in [6.07, 6.45) is -0.984. The van der Waals surface area contributed by atoms with E-state index in [4.69, 9.17) is 9.84 Å². The lowest BCUT2D eigenvalue weighted by Crippen LogP contribution is -2.59. The molecule has 126 valence electrons. The molecule has 0 unspecified atom stereocenters. The summed E-state index contributed by atoms with van der Waals surface area (Å²) in [5.41, 5.74) is 0. The number of esters is 1. The number of amides is 3. The Balaban J connectivity index is 2.79. The first-order chi connectivity index (χ1) is 10.2. The molecule has 1 aliphatic heterocycles. The van der Waals surface area contributed by atoms with Crippen LogP contribution in [0.4, 0.5) is 9.59 Å². The Morgan fingerprint density at radius 3 is 2.27 bits per heavy atom. The number of nitrogens with zero attached hydrogens (tertiary/aromatic N) is 3. The van der Waals surface area contributed by atoms with E-state index in [2.05, 4.69) is 0 Å². The van der Waals surface area contributed by atoms with Gasteiger partial charge in [-0.2, -0.15) is 0 Å². The maximum absolute atomic E-state index is 12.6. The summed E-state index contributed by atoms with van der Waals surface area (Å²) in [5.74, 6) is -0.540. The van der Waals surface area contributed by atoms with Gasteiger partial charge >= 0.3 is 18.1 Å². The van der Waals surface area contributed by atoms with E-state index in [1.54, 1.807) is 18.9 Å². The molecule has 0 aromatic heterocycles. The fourth-order valence-electron chi connectivity index (χ4n) is 2.76. The maximum atomic E-state index is 12.6. The summed E-state index contributed by atoms with van der Waals surface area (Å²) >= 11 is 0. The van der Waals surface area contributed by atoms with Crippen molar-refractivity contribution in [2.24, 2.45) is 5.92 Å². The van der Waals surface area contributed by atoms with Gasteiger partial charge in [-0.1, -0.05) is 13.8 Å². The average Bonchev–Trinajstić information content (AvgIpc) is 2.45. The van der Waals surface area contributed by atoms with Crippen LogP contribution in [0.25, 0.3) is 0 Å². The quantitative estimate of drug-likeness (QED) is 0.782. The maximum Gasteiger partial charge on any atom is 0.407 e. The van der Waals surface area contributed by atoms with E-state index in [0.29, 0.717) is 13.1 Å². The summed E-state index contributed by atoms with van der Waals surface area (Å²) in [6, 6.07) is -1.23. The molecule has 0 spiro atoms. The molecule has 0 aromatic rings. The van der Waals surface area contributed by atoms with Gasteiger partial charge in [-0.15, -0.1) is 0 Å². The molecule has 2 atom stereocenters. The van der Waals surface area contributed by atoms with Gasteiger partial charge < -0.3 is 24.5 Å². The van der Waals surface area contributed by atoms with Gasteiger partial charge in [-0.05, 0) is 12.8 Å². The van der Waals surface area contributed by atoms with Crippen molar-refractivity contribution in [2.45, 2.75) is 32.9 Å². The number of hydrogen-bond donors (Lipinski definition) is 1. The fraction of sp³-hybridized carbons (Fsp3) is 0.786. The van der Waals surface area contributed by atoms with Crippen LogP contribution >= 0.6 is 0 Å². The third kappa shape index (κ3) is 3.80. The van der Waals surface area contributed by atoms with E-state index < -0.39 is 18.1 Å². The van der Waals surface area contributed by atoms with E-state index in [1.165, 1.54) is 16.9 Å². The number of methoxy groups -OCH3 is 1. The van der Waals surface area contributed by atoms with E-state index in [9.17, 15) is 14.4 Å². The third-order valence-electron chi connectivity index (χ3n) is 3.94. The molecule has 3 amide bonds. The third-order valence-corrected chi connectivity index (χ3v) is 3.94. The van der Waals surface area contributed by atoms with Crippen molar-refractivity contribution in [1.29, 1.82) is 0 Å². The normalized spacial score (nSPS) is 19.8. The first-order valence-corrected chi connectivity index (χ1v) is 7.29. The van der Waals surface area contributed by atoms with E-state index >= 15 is 0 Å². The minimum Gasteiger partial charge on any atom is -0.467 e. The van der Waals surface area contributed by atoms with Crippen LogP contribution in [0.15, 0.2) is 0 Å². The summed E-state index contributed by atoms with van der Waals surface area (Å²) in [6.45, 7) is 6.33. The van der Waals surface area contributed by atoms with Crippen molar-refractivity contribution in [2.75, 3.05) is 33.8 Å². The minimum atomic E-state index is -0.984. The molecule has 8 nitrogen and oxygen atoms in total. The number of carbonyl (C=O) groups excluding carboxylic acids is 2. The number of urea groups is 1. The SMILES string of the molecule is COC(=O)[C@H](C(C)C)N(C)C(=O)N1CCN(C(=O)O)[C@H](C)C1. The molecule has 1 fully saturated rings. The molecular weight excluding hydrogens is 290 g/mol. The predicted octanol–water partition coefficient (Wildman–Crippen LogP) is 0.920. The zero-order valence-electron chi connectivity index (χ0n) is 13.8. The minimum absolute atomic E-state index is 0.0841. The Labute approximate surface area is 130 Å². The number of rotatable bonds is 3. The Hall–Kier alpha value is -1.99. The zero-order valence-corrected chi connectivity index (χ0v) is 13.8. The molecule has 1 saturated heterocycles. The van der Waals surface area contributed by atoms with Crippen LogP contribution in [-0.2, 0) is 9.53 Å². The molecule has 22 heavy (non-hydrogen) atoms. The Bertz CT molecular complexity index is 440. The molecule has 0 saturated carbocycles. The van der Waals surface area contributed by atoms with Crippen molar-refractivity contribution in [3.63, 3.8) is 0 Å². The van der Waals surface area contributed by atoms with Crippen LogP contribution in [0, 0.1) is 5.92 Å². The molecule has 0 aliphatic carbocycles. The van der Waals surface area contributed by atoms with Gasteiger partial charge in [-0.3, -0.25) is 0 Å². The lowest BCUT2D eigenvalue weighted by molar-refractivity contribution is -0.147. The Morgan fingerprint density at radius 1 is 1.27 bits per heavy atom. The van der Waals surface area contributed by atoms with E-state index in [-0.39, 0.29) is 24.5 Å². The van der Waals surface area contributed by atoms with Crippen LogP contribution < -0.4 is 0 Å². The average molecular weight is 315 g/mol. The summed E-state index contributed by atoms with van der Waals surface area (Å²) < 4.78 is 4.76. The first kappa shape index (κ1) is 18.1. The van der Waals surface area contributed by atoms with Crippen LogP contribution in [0.1, 0.15) is 20.8 Å². The van der Waals surface area contributed by atoms with Crippen LogP contribution in [0.2, 0.25) is 0 Å². The molecule has 1 N–H and O–H groups in total. The second-order valence-electron chi connectivity index (χ2n) is 5.88. The highest BCUT2D eigenvalue weighted by molar-refractivity contribution is 5.84. The van der Waals surface area contributed by atoms with Crippen molar-refractivity contribution in [1.82, 2.24) is 14.7 Å². The second kappa shape index (κ2) is 7.33. The lowest BCUT2D eigenvalue weighted by Gasteiger charge is -2.41. The highest BCUT2D eigenvalue weighted by Gasteiger charge is 2.36. The highest BCUT2D eigenvalue weighted by Crippen LogP contribution is 2.16. The van der Waals surface area contributed by atoms with Gasteiger partial charge in [0.2, 0.25) is 0 Å². The van der Waals surface area contributed by atoms with Crippen molar-refractivity contribution >= 4 is 18.1 Å².